The van der Waals surface area contributed by atoms with Crippen LogP contribution in [0.1, 0.15) is 19.6 Å². The highest BCUT2D eigenvalue weighted by Crippen LogP contribution is 2.06. The van der Waals surface area contributed by atoms with Crippen LogP contribution < -0.4 is 5.73 Å². The van der Waals surface area contributed by atoms with E-state index in [0.717, 1.165) is 12.2 Å². The lowest BCUT2D eigenvalue weighted by Crippen LogP contribution is -2.36. The molecule has 2 unspecified atom stereocenters. The van der Waals surface area contributed by atoms with E-state index in [1.807, 2.05) is 26.0 Å². The molecule has 1 aromatic heterocycles. The standard InChI is InChI=1S/C10H17NO2/c1-3-12-8(2)10(11)7-9-5-4-6-13-9/h4-6,8,10H,3,7,11H2,1-2H3. The summed E-state index contributed by atoms with van der Waals surface area (Å²) in [4.78, 5) is 0. The van der Waals surface area contributed by atoms with Crippen molar-refractivity contribution in [2.45, 2.75) is 32.4 Å². The summed E-state index contributed by atoms with van der Waals surface area (Å²) < 4.78 is 10.6. The molecule has 13 heavy (non-hydrogen) atoms. The first-order valence-electron chi connectivity index (χ1n) is 4.63. The Labute approximate surface area is 78.9 Å². The van der Waals surface area contributed by atoms with Crippen molar-refractivity contribution in [1.29, 1.82) is 0 Å². The number of furan rings is 1. The van der Waals surface area contributed by atoms with Gasteiger partial charge in [0.15, 0.2) is 0 Å². The molecule has 1 heterocycles. The van der Waals surface area contributed by atoms with Crippen LogP contribution in [-0.4, -0.2) is 18.8 Å². The van der Waals surface area contributed by atoms with E-state index in [-0.39, 0.29) is 12.1 Å². The van der Waals surface area contributed by atoms with E-state index in [1.54, 1.807) is 6.26 Å². The van der Waals surface area contributed by atoms with Crippen LogP contribution in [0.25, 0.3) is 0 Å². The van der Waals surface area contributed by atoms with Crippen LogP contribution in [0.4, 0.5) is 0 Å². The summed E-state index contributed by atoms with van der Waals surface area (Å²) in [7, 11) is 0. The smallest absolute Gasteiger partial charge is 0.105 e. The quantitative estimate of drug-likeness (QED) is 0.753. The Bertz CT molecular complexity index is 221. The number of nitrogens with two attached hydrogens (primary N) is 1. The average Bonchev–Trinajstić information content (AvgIpc) is 2.57. The third-order valence-electron chi connectivity index (χ3n) is 2.05. The van der Waals surface area contributed by atoms with Gasteiger partial charge in [-0.15, -0.1) is 0 Å². The van der Waals surface area contributed by atoms with Gasteiger partial charge in [0.2, 0.25) is 0 Å². The third-order valence-corrected chi connectivity index (χ3v) is 2.05. The van der Waals surface area contributed by atoms with E-state index in [9.17, 15) is 0 Å². The van der Waals surface area contributed by atoms with Gasteiger partial charge < -0.3 is 14.9 Å². The van der Waals surface area contributed by atoms with Crippen LogP contribution in [0.5, 0.6) is 0 Å². The van der Waals surface area contributed by atoms with Gasteiger partial charge in [-0.1, -0.05) is 0 Å². The van der Waals surface area contributed by atoms with Crippen molar-refractivity contribution in [3.8, 4) is 0 Å². The molecule has 0 saturated heterocycles. The SMILES string of the molecule is CCOC(C)C(N)Cc1ccco1. The summed E-state index contributed by atoms with van der Waals surface area (Å²) in [5.74, 6) is 0.916. The summed E-state index contributed by atoms with van der Waals surface area (Å²) in [6.07, 6.45) is 2.47. The first-order chi connectivity index (χ1) is 6.24. The molecule has 3 heteroatoms. The monoisotopic (exact) mass is 183 g/mol. The van der Waals surface area contributed by atoms with Gasteiger partial charge >= 0.3 is 0 Å². The molecule has 0 aliphatic carbocycles. The lowest BCUT2D eigenvalue weighted by molar-refractivity contribution is 0.0565. The Kier molecular flexibility index (Phi) is 3.99. The van der Waals surface area contributed by atoms with Crippen molar-refractivity contribution in [3.05, 3.63) is 24.2 Å². The van der Waals surface area contributed by atoms with Gasteiger partial charge in [0.05, 0.1) is 12.4 Å². The van der Waals surface area contributed by atoms with Crippen LogP contribution >= 0.6 is 0 Å². The molecule has 0 fully saturated rings. The molecule has 0 bridgehead atoms. The molecule has 1 rings (SSSR count). The predicted molar refractivity (Wildman–Crippen MR) is 51.5 cm³/mol. The second-order valence-electron chi connectivity index (χ2n) is 3.11. The van der Waals surface area contributed by atoms with Crippen molar-refractivity contribution < 1.29 is 9.15 Å². The summed E-state index contributed by atoms with van der Waals surface area (Å²) in [6.45, 7) is 4.65. The lowest BCUT2D eigenvalue weighted by Gasteiger charge is -2.18. The molecule has 2 N–H and O–H groups in total. The van der Waals surface area contributed by atoms with E-state index >= 15 is 0 Å². The molecule has 0 saturated carbocycles. The number of ether oxygens (including phenoxy) is 1. The topological polar surface area (TPSA) is 48.4 Å². The fraction of sp³-hybridized carbons (Fsp3) is 0.600. The number of hydrogen-bond donors (Lipinski definition) is 1. The zero-order valence-corrected chi connectivity index (χ0v) is 8.19. The fourth-order valence-electron chi connectivity index (χ4n) is 1.21. The van der Waals surface area contributed by atoms with Crippen LogP contribution in [0.2, 0.25) is 0 Å². The minimum absolute atomic E-state index is 0.00565. The molecule has 0 radical (unpaired) electrons. The largest absolute Gasteiger partial charge is 0.469 e. The van der Waals surface area contributed by atoms with E-state index in [1.165, 1.54) is 0 Å². The zero-order valence-electron chi connectivity index (χ0n) is 8.19. The predicted octanol–water partition coefficient (Wildman–Crippen LogP) is 1.57. The van der Waals surface area contributed by atoms with Crippen molar-refractivity contribution in [2.75, 3.05) is 6.61 Å². The average molecular weight is 183 g/mol. The molecular formula is C10H17NO2. The highest BCUT2D eigenvalue weighted by Gasteiger charge is 2.14. The Morgan fingerprint density at radius 2 is 2.38 bits per heavy atom. The van der Waals surface area contributed by atoms with Crippen LogP contribution in [0.3, 0.4) is 0 Å². The van der Waals surface area contributed by atoms with Crippen molar-refractivity contribution in [3.63, 3.8) is 0 Å². The molecule has 1 aromatic rings. The Morgan fingerprint density at radius 1 is 1.62 bits per heavy atom. The zero-order chi connectivity index (χ0) is 9.68. The minimum Gasteiger partial charge on any atom is -0.469 e. The summed E-state index contributed by atoms with van der Waals surface area (Å²) in [5.41, 5.74) is 5.91. The Hall–Kier alpha value is -0.800. The van der Waals surface area contributed by atoms with Gasteiger partial charge in [-0.25, -0.2) is 0 Å². The molecule has 0 aliphatic rings. The van der Waals surface area contributed by atoms with Crippen LogP contribution in [0.15, 0.2) is 22.8 Å². The molecule has 0 aromatic carbocycles. The van der Waals surface area contributed by atoms with Gasteiger partial charge in [-0.3, -0.25) is 0 Å². The number of rotatable bonds is 5. The molecular weight excluding hydrogens is 166 g/mol. The minimum atomic E-state index is 0.00565. The van der Waals surface area contributed by atoms with Gasteiger partial charge in [-0.2, -0.15) is 0 Å². The van der Waals surface area contributed by atoms with Gasteiger partial charge in [0, 0.05) is 19.1 Å². The van der Waals surface area contributed by atoms with Gasteiger partial charge in [-0.05, 0) is 26.0 Å². The molecule has 2 atom stereocenters. The van der Waals surface area contributed by atoms with E-state index in [2.05, 4.69) is 0 Å². The highest BCUT2D eigenvalue weighted by molar-refractivity contribution is 5.00. The van der Waals surface area contributed by atoms with E-state index < -0.39 is 0 Å². The maximum atomic E-state index is 5.91. The maximum absolute atomic E-state index is 5.91. The molecule has 0 aliphatic heterocycles. The summed E-state index contributed by atoms with van der Waals surface area (Å²) >= 11 is 0. The molecule has 0 amide bonds. The second-order valence-corrected chi connectivity index (χ2v) is 3.11. The van der Waals surface area contributed by atoms with Crippen molar-refractivity contribution in [1.82, 2.24) is 0 Å². The number of hydrogen-bond acceptors (Lipinski definition) is 3. The van der Waals surface area contributed by atoms with Crippen molar-refractivity contribution >= 4 is 0 Å². The normalized spacial score (nSPS) is 15.6. The first kappa shape index (κ1) is 10.3. The van der Waals surface area contributed by atoms with Crippen molar-refractivity contribution in [2.24, 2.45) is 5.73 Å². The summed E-state index contributed by atoms with van der Waals surface area (Å²) in [6, 6.07) is 3.80. The maximum Gasteiger partial charge on any atom is 0.105 e. The van der Waals surface area contributed by atoms with E-state index in [0.29, 0.717) is 6.61 Å². The van der Waals surface area contributed by atoms with Gasteiger partial charge in [0.25, 0.3) is 0 Å². The molecule has 0 spiro atoms. The third kappa shape index (κ3) is 3.20. The Morgan fingerprint density at radius 3 is 2.92 bits per heavy atom. The van der Waals surface area contributed by atoms with Gasteiger partial charge in [0.1, 0.15) is 5.76 Å². The fourth-order valence-corrected chi connectivity index (χ4v) is 1.21. The highest BCUT2D eigenvalue weighted by atomic mass is 16.5. The first-order valence-corrected chi connectivity index (χ1v) is 4.63. The second kappa shape index (κ2) is 5.04. The molecule has 74 valence electrons. The lowest BCUT2D eigenvalue weighted by atomic mass is 10.1. The van der Waals surface area contributed by atoms with Crippen LogP contribution in [0, 0.1) is 0 Å². The van der Waals surface area contributed by atoms with Crippen LogP contribution in [-0.2, 0) is 11.2 Å². The summed E-state index contributed by atoms with van der Waals surface area (Å²) in [5, 5.41) is 0. The molecule has 3 nitrogen and oxygen atoms in total. The van der Waals surface area contributed by atoms with E-state index in [4.69, 9.17) is 14.9 Å². The Balaban J connectivity index is 2.36.